The molecule has 1 aliphatic carbocycles. The molecule has 0 N–H and O–H groups in total. The highest BCUT2D eigenvalue weighted by Crippen LogP contribution is 2.25. The first kappa shape index (κ1) is 19.4. The van der Waals surface area contributed by atoms with E-state index in [2.05, 4.69) is 0 Å². The number of amides is 2. The fraction of sp³-hybridized carbons (Fsp3) is 0.833. The van der Waals surface area contributed by atoms with Gasteiger partial charge in [0.15, 0.2) is 5.78 Å². The highest BCUT2D eigenvalue weighted by Gasteiger charge is 2.39. The number of ketones is 1. The summed E-state index contributed by atoms with van der Waals surface area (Å²) < 4.78 is 5.79. The largest absolute Gasteiger partial charge is 0.370 e. The average Bonchev–Trinajstić information content (AvgIpc) is 2.89. The van der Waals surface area contributed by atoms with Gasteiger partial charge in [0, 0.05) is 6.42 Å². The minimum absolute atomic E-state index is 0.00726. The molecular weight excluding hydrogens is 326 g/mol. The summed E-state index contributed by atoms with van der Waals surface area (Å²) >= 11 is 1.47. The van der Waals surface area contributed by atoms with Gasteiger partial charge in [-0.1, -0.05) is 45.4 Å². The SMILES string of the molecule is CCSC1CC(=O)N(CC(=O)COC2CCCCCCCC2)C1=O. The molecule has 1 saturated heterocycles. The predicted molar refractivity (Wildman–Crippen MR) is 94.9 cm³/mol. The van der Waals surface area contributed by atoms with Crippen molar-refractivity contribution in [2.24, 2.45) is 0 Å². The van der Waals surface area contributed by atoms with Crippen LogP contribution in [0.5, 0.6) is 0 Å². The lowest BCUT2D eigenvalue weighted by atomic mass is 10.1. The Morgan fingerprint density at radius 3 is 2.38 bits per heavy atom. The molecular formula is C18H29NO4S. The Kier molecular flexibility index (Phi) is 8.25. The van der Waals surface area contributed by atoms with Crippen LogP contribution in [0.2, 0.25) is 0 Å². The highest BCUT2D eigenvalue weighted by atomic mass is 32.2. The summed E-state index contributed by atoms with van der Waals surface area (Å²) in [4.78, 5) is 37.3. The topological polar surface area (TPSA) is 63.7 Å². The molecule has 24 heavy (non-hydrogen) atoms. The van der Waals surface area contributed by atoms with Gasteiger partial charge in [-0.15, -0.1) is 11.8 Å². The van der Waals surface area contributed by atoms with Gasteiger partial charge in [-0.3, -0.25) is 19.3 Å². The zero-order chi connectivity index (χ0) is 17.4. The fourth-order valence-electron chi connectivity index (χ4n) is 3.35. The molecule has 0 spiro atoms. The van der Waals surface area contributed by atoms with Crippen molar-refractivity contribution in [3.63, 3.8) is 0 Å². The lowest BCUT2D eigenvalue weighted by Gasteiger charge is -2.18. The van der Waals surface area contributed by atoms with Crippen LogP contribution >= 0.6 is 11.8 Å². The maximum absolute atomic E-state index is 12.2. The zero-order valence-corrected chi connectivity index (χ0v) is 15.4. The van der Waals surface area contributed by atoms with Crippen molar-refractivity contribution in [2.45, 2.75) is 76.1 Å². The third kappa shape index (κ3) is 5.88. The van der Waals surface area contributed by atoms with E-state index in [-0.39, 0.29) is 48.5 Å². The summed E-state index contributed by atoms with van der Waals surface area (Å²) in [6, 6.07) is 0. The van der Waals surface area contributed by atoms with Crippen LogP contribution in [0, 0.1) is 0 Å². The molecule has 0 bridgehead atoms. The second kappa shape index (κ2) is 10.2. The van der Waals surface area contributed by atoms with Crippen molar-refractivity contribution < 1.29 is 19.1 Å². The number of carbonyl (C=O) groups excluding carboxylic acids is 3. The summed E-state index contributed by atoms with van der Waals surface area (Å²) in [5.41, 5.74) is 0. The second-order valence-corrected chi connectivity index (χ2v) is 8.12. The number of hydrogen-bond donors (Lipinski definition) is 0. The Labute approximate surface area is 148 Å². The molecule has 0 aromatic carbocycles. The zero-order valence-electron chi connectivity index (χ0n) is 14.6. The molecule has 1 heterocycles. The molecule has 1 atom stereocenters. The average molecular weight is 356 g/mol. The first-order chi connectivity index (χ1) is 11.6. The predicted octanol–water partition coefficient (Wildman–Crippen LogP) is 2.96. The Morgan fingerprint density at radius 1 is 1.12 bits per heavy atom. The van der Waals surface area contributed by atoms with E-state index in [0.717, 1.165) is 36.3 Å². The number of imide groups is 1. The van der Waals surface area contributed by atoms with Gasteiger partial charge >= 0.3 is 0 Å². The molecule has 0 aromatic rings. The second-order valence-electron chi connectivity index (χ2n) is 6.64. The normalized spacial score (nSPS) is 23.9. The van der Waals surface area contributed by atoms with Gasteiger partial charge in [0.2, 0.25) is 11.8 Å². The minimum atomic E-state index is -0.314. The molecule has 2 aliphatic rings. The lowest BCUT2D eigenvalue weighted by molar-refractivity contribution is -0.143. The number of rotatable bonds is 7. The maximum Gasteiger partial charge on any atom is 0.243 e. The molecule has 5 nitrogen and oxygen atoms in total. The van der Waals surface area contributed by atoms with Crippen LogP contribution in [0.3, 0.4) is 0 Å². The van der Waals surface area contributed by atoms with Crippen LogP contribution in [-0.2, 0) is 19.1 Å². The fourth-order valence-corrected chi connectivity index (χ4v) is 4.28. The van der Waals surface area contributed by atoms with Gasteiger partial charge in [0.05, 0.1) is 17.9 Å². The van der Waals surface area contributed by atoms with E-state index >= 15 is 0 Å². The third-order valence-electron chi connectivity index (χ3n) is 4.69. The van der Waals surface area contributed by atoms with Gasteiger partial charge in [0.25, 0.3) is 0 Å². The number of hydrogen-bond acceptors (Lipinski definition) is 5. The molecule has 1 aliphatic heterocycles. The molecule has 2 rings (SSSR count). The van der Waals surface area contributed by atoms with Crippen molar-refractivity contribution >= 4 is 29.4 Å². The summed E-state index contributed by atoms with van der Waals surface area (Å²) in [6.45, 7) is 1.83. The molecule has 1 saturated carbocycles. The number of carbonyl (C=O) groups is 3. The number of thioether (sulfide) groups is 1. The van der Waals surface area contributed by atoms with Gasteiger partial charge in [-0.05, 0) is 18.6 Å². The standard InChI is InChI=1S/C18H29NO4S/c1-2-24-16-11-17(21)19(18(16)22)12-14(20)13-23-15-9-7-5-3-4-6-8-10-15/h15-16H,2-13H2,1H3. The number of Topliss-reactive ketones (excluding diaryl/α,β-unsaturated/α-hetero) is 1. The Balaban J connectivity index is 1.76. The van der Waals surface area contributed by atoms with Gasteiger partial charge in [0.1, 0.15) is 6.61 Å². The van der Waals surface area contributed by atoms with Gasteiger partial charge in [-0.25, -0.2) is 0 Å². The molecule has 0 aromatic heterocycles. The monoisotopic (exact) mass is 355 g/mol. The Bertz CT molecular complexity index is 444. The van der Waals surface area contributed by atoms with E-state index in [1.807, 2.05) is 6.92 Å². The molecule has 2 fully saturated rings. The summed E-state index contributed by atoms with van der Waals surface area (Å²) in [5.74, 6) is 0.152. The van der Waals surface area contributed by atoms with Gasteiger partial charge < -0.3 is 4.74 Å². The summed E-state index contributed by atoms with van der Waals surface area (Å²) in [7, 11) is 0. The molecule has 136 valence electrons. The number of ether oxygens (including phenoxy) is 1. The summed E-state index contributed by atoms with van der Waals surface area (Å²) in [5, 5.41) is -0.314. The smallest absolute Gasteiger partial charge is 0.243 e. The van der Waals surface area contributed by atoms with E-state index in [1.165, 1.54) is 37.4 Å². The Morgan fingerprint density at radius 2 is 1.75 bits per heavy atom. The first-order valence-corrected chi connectivity index (χ1v) is 10.3. The van der Waals surface area contributed by atoms with E-state index < -0.39 is 0 Å². The highest BCUT2D eigenvalue weighted by molar-refractivity contribution is 8.00. The van der Waals surface area contributed by atoms with Crippen molar-refractivity contribution in [2.75, 3.05) is 18.9 Å². The number of likely N-dealkylation sites (tertiary alicyclic amines) is 1. The van der Waals surface area contributed by atoms with Crippen LogP contribution in [-0.4, -0.2) is 52.8 Å². The van der Waals surface area contributed by atoms with Crippen LogP contribution in [0.1, 0.15) is 64.7 Å². The van der Waals surface area contributed by atoms with E-state index in [9.17, 15) is 14.4 Å². The first-order valence-electron chi connectivity index (χ1n) is 9.21. The van der Waals surface area contributed by atoms with Crippen LogP contribution in [0.4, 0.5) is 0 Å². The van der Waals surface area contributed by atoms with Crippen molar-refractivity contribution in [1.29, 1.82) is 0 Å². The third-order valence-corrected chi connectivity index (χ3v) is 5.79. The van der Waals surface area contributed by atoms with Crippen molar-refractivity contribution in [3.05, 3.63) is 0 Å². The van der Waals surface area contributed by atoms with Gasteiger partial charge in [-0.2, -0.15) is 0 Å². The lowest BCUT2D eigenvalue weighted by Crippen LogP contribution is -2.37. The van der Waals surface area contributed by atoms with E-state index in [1.54, 1.807) is 0 Å². The molecule has 6 heteroatoms. The summed E-state index contributed by atoms with van der Waals surface area (Å²) in [6.07, 6.45) is 9.73. The van der Waals surface area contributed by atoms with Crippen molar-refractivity contribution in [1.82, 2.24) is 4.90 Å². The van der Waals surface area contributed by atoms with E-state index in [4.69, 9.17) is 4.74 Å². The van der Waals surface area contributed by atoms with Crippen LogP contribution in [0.25, 0.3) is 0 Å². The van der Waals surface area contributed by atoms with Crippen LogP contribution < -0.4 is 0 Å². The quantitative estimate of drug-likeness (QED) is 0.657. The number of nitrogens with zero attached hydrogens (tertiary/aromatic N) is 1. The van der Waals surface area contributed by atoms with Crippen LogP contribution in [0.15, 0.2) is 0 Å². The molecule has 2 amide bonds. The van der Waals surface area contributed by atoms with Crippen molar-refractivity contribution in [3.8, 4) is 0 Å². The Hall–Kier alpha value is -0.880. The minimum Gasteiger partial charge on any atom is -0.370 e. The molecule has 0 radical (unpaired) electrons. The van der Waals surface area contributed by atoms with E-state index in [0.29, 0.717) is 0 Å². The molecule has 1 unspecified atom stereocenters. The maximum atomic E-state index is 12.2.